The second-order valence-electron chi connectivity index (χ2n) is 4.08. The number of nitrogens with zero attached hydrogens (tertiary/aromatic N) is 2. The smallest absolute Gasteiger partial charge is 0.208 e. The Balaban J connectivity index is 1.97. The van der Waals surface area contributed by atoms with Crippen molar-refractivity contribution in [2.24, 2.45) is 0 Å². The van der Waals surface area contributed by atoms with Gasteiger partial charge in [0.05, 0.1) is 0 Å². The summed E-state index contributed by atoms with van der Waals surface area (Å²) in [6, 6.07) is 6.58. The van der Waals surface area contributed by atoms with Gasteiger partial charge in [0, 0.05) is 11.7 Å². The van der Waals surface area contributed by atoms with E-state index >= 15 is 0 Å². The number of nitrogens with one attached hydrogen (secondary N) is 1. The highest BCUT2D eigenvalue weighted by atomic mass is 32.2. The highest BCUT2D eigenvalue weighted by Crippen LogP contribution is 2.20. The molecule has 0 unspecified atom stereocenters. The molecular weight excluding hydrogens is 237 g/mol. The lowest BCUT2D eigenvalue weighted by Crippen LogP contribution is -1.89. The second kappa shape index (κ2) is 5.31. The monoisotopic (exact) mass is 251 g/mol. The van der Waals surface area contributed by atoms with E-state index in [4.69, 9.17) is 0 Å². The van der Waals surface area contributed by atoms with Crippen molar-refractivity contribution in [3.05, 3.63) is 41.5 Å². The van der Waals surface area contributed by atoms with Crippen LogP contribution in [0.5, 0.6) is 0 Å². The van der Waals surface area contributed by atoms with Crippen LogP contribution in [0.1, 0.15) is 31.2 Å². The number of aromatic nitrogens is 3. The van der Waals surface area contributed by atoms with Gasteiger partial charge < -0.3 is 0 Å². The number of hydrogen-bond donors (Lipinski definition) is 1. The molecule has 0 amide bonds. The molecule has 0 fully saturated rings. The first-order valence-corrected chi connectivity index (χ1v) is 6.43. The van der Waals surface area contributed by atoms with Crippen molar-refractivity contribution in [3.63, 3.8) is 0 Å². The van der Waals surface area contributed by atoms with Gasteiger partial charge in [0.2, 0.25) is 5.16 Å². The summed E-state index contributed by atoms with van der Waals surface area (Å²) in [4.78, 5) is 4.35. The minimum absolute atomic E-state index is 0.207. The SMILES string of the molecule is CC(C)c1nc(SCc2cccc(F)c2)n[nH]1. The Morgan fingerprint density at radius 1 is 1.41 bits per heavy atom. The first kappa shape index (κ1) is 12.1. The summed E-state index contributed by atoms with van der Waals surface area (Å²) in [7, 11) is 0. The van der Waals surface area contributed by atoms with E-state index in [-0.39, 0.29) is 5.82 Å². The Morgan fingerprint density at radius 3 is 2.88 bits per heavy atom. The van der Waals surface area contributed by atoms with Crippen LogP contribution >= 0.6 is 11.8 Å². The van der Waals surface area contributed by atoms with Gasteiger partial charge in [-0.15, -0.1) is 5.10 Å². The molecule has 0 aliphatic carbocycles. The third-order valence-electron chi connectivity index (χ3n) is 2.29. The normalized spacial score (nSPS) is 11.1. The molecule has 2 rings (SSSR count). The zero-order valence-electron chi connectivity index (χ0n) is 9.77. The van der Waals surface area contributed by atoms with Gasteiger partial charge in [0.25, 0.3) is 0 Å². The van der Waals surface area contributed by atoms with E-state index in [2.05, 4.69) is 29.0 Å². The first-order chi connectivity index (χ1) is 8.15. The predicted molar refractivity (Wildman–Crippen MR) is 66.4 cm³/mol. The Hall–Kier alpha value is -1.36. The van der Waals surface area contributed by atoms with Crippen molar-refractivity contribution in [2.45, 2.75) is 30.7 Å². The number of thioether (sulfide) groups is 1. The topological polar surface area (TPSA) is 41.6 Å². The molecule has 2 aromatic rings. The molecule has 0 spiro atoms. The third kappa shape index (κ3) is 3.30. The number of H-pyrrole nitrogens is 1. The number of rotatable bonds is 4. The zero-order chi connectivity index (χ0) is 12.3. The maximum atomic E-state index is 13.0. The van der Waals surface area contributed by atoms with Gasteiger partial charge >= 0.3 is 0 Å². The van der Waals surface area contributed by atoms with E-state index in [9.17, 15) is 4.39 Å². The Kier molecular flexibility index (Phi) is 3.78. The molecule has 0 saturated carbocycles. The van der Waals surface area contributed by atoms with Gasteiger partial charge in [0.1, 0.15) is 11.6 Å². The molecule has 90 valence electrons. The molecule has 1 aromatic carbocycles. The van der Waals surface area contributed by atoms with E-state index in [1.165, 1.54) is 23.9 Å². The van der Waals surface area contributed by atoms with E-state index in [1.807, 2.05) is 6.07 Å². The zero-order valence-corrected chi connectivity index (χ0v) is 10.6. The molecule has 0 aliphatic rings. The van der Waals surface area contributed by atoms with Crippen molar-refractivity contribution in [1.82, 2.24) is 15.2 Å². The molecule has 1 heterocycles. The number of halogens is 1. The molecule has 0 atom stereocenters. The molecule has 1 aromatic heterocycles. The second-order valence-corrected chi connectivity index (χ2v) is 5.02. The van der Waals surface area contributed by atoms with Gasteiger partial charge in [0.15, 0.2) is 0 Å². The van der Waals surface area contributed by atoms with Gasteiger partial charge in [-0.25, -0.2) is 9.37 Å². The average molecular weight is 251 g/mol. The molecule has 0 bridgehead atoms. The summed E-state index contributed by atoms with van der Waals surface area (Å²) >= 11 is 1.50. The van der Waals surface area contributed by atoms with E-state index in [0.717, 1.165) is 11.4 Å². The van der Waals surface area contributed by atoms with E-state index < -0.39 is 0 Å². The Morgan fingerprint density at radius 2 is 2.24 bits per heavy atom. The molecule has 17 heavy (non-hydrogen) atoms. The van der Waals surface area contributed by atoms with Crippen LogP contribution in [0.25, 0.3) is 0 Å². The molecule has 5 heteroatoms. The molecular formula is C12H14FN3S. The van der Waals surface area contributed by atoms with Crippen LogP contribution in [-0.2, 0) is 5.75 Å². The van der Waals surface area contributed by atoms with Crippen molar-refractivity contribution >= 4 is 11.8 Å². The maximum Gasteiger partial charge on any atom is 0.208 e. The Bertz CT molecular complexity index is 496. The number of hydrogen-bond acceptors (Lipinski definition) is 3. The fraction of sp³-hybridized carbons (Fsp3) is 0.333. The van der Waals surface area contributed by atoms with Crippen molar-refractivity contribution in [1.29, 1.82) is 0 Å². The highest BCUT2D eigenvalue weighted by molar-refractivity contribution is 7.98. The van der Waals surface area contributed by atoms with Crippen LogP contribution in [0.4, 0.5) is 4.39 Å². The van der Waals surface area contributed by atoms with Crippen LogP contribution in [-0.4, -0.2) is 15.2 Å². The summed E-state index contributed by atoms with van der Waals surface area (Å²) in [5.74, 6) is 1.69. The summed E-state index contributed by atoms with van der Waals surface area (Å²) in [5, 5.41) is 7.71. The van der Waals surface area contributed by atoms with Crippen LogP contribution in [0, 0.1) is 5.82 Å². The lowest BCUT2D eigenvalue weighted by molar-refractivity contribution is 0.626. The summed E-state index contributed by atoms with van der Waals surface area (Å²) < 4.78 is 13.0. The van der Waals surface area contributed by atoms with Crippen LogP contribution in [0.15, 0.2) is 29.4 Å². The maximum absolute atomic E-state index is 13.0. The fourth-order valence-electron chi connectivity index (χ4n) is 1.36. The van der Waals surface area contributed by atoms with Crippen LogP contribution in [0.2, 0.25) is 0 Å². The Labute approximate surface area is 104 Å². The molecule has 0 saturated heterocycles. The lowest BCUT2D eigenvalue weighted by Gasteiger charge is -1.98. The predicted octanol–water partition coefficient (Wildman–Crippen LogP) is 3.36. The van der Waals surface area contributed by atoms with Crippen molar-refractivity contribution < 1.29 is 4.39 Å². The summed E-state index contributed by atoms with van der Waals surface area (Å²) in [6.07, 6.45) is 0. The molecule has 0 radical (unpaired) electrons. The highest BCUT2D eigenvalue weighted by Gasteiger charge is 2.07. The third-order valence-corrected chi connectivity index (χ3v) is 3.20. The van der Waals surface area contributed by atoms with Crippen LogP contribution < -0.4 is 0 Å². The minimum Gasteiger partial charge on any atom is -0.262 e. The van der Waals surface area contributed by atoms with Gasteiger partial charge in [-0.2, -0.15) is 0 Å². The van der Waals surface area contributed by atoms with Gasteiger partial charge in [-0.1, -0.05) is 37.7 Å². The quantitative estimate of drug-likeness (QED) is 0.847. The lowest BCUT2D eigenvalue weighted by atomic mass is 10.2. The molecule has 3 nitrogen and oxygen atoms in total. The van der Waals surface area contributed by atoms with E-state index in [1.54, 1.807) is 6.07 Å². The number of benzene rings is 1. The fourth-order valence-corrected chi connectivity index (χ4v) is 2.10. The minimum atomic E-state index is -0.207. The number of aromatic amines is 1. The van der Waals surface area contributed by atoms with Crippen molar-refractivity contribution in [3.8, 4) is 0 Å². The van der Waals surface area contributed by atoms with Gasteiger partial charge in [-0.05, 0) is 17.7 Å². The average Bonchev–Trinajstić information content (AvgIpc) is 2.75. The summed E-state index contributed by atoms with van der Waals surface area (Å²) in [5.41, 5.74) is 0.936. The standard InChI is InChI=1S/C12H14FN3S/c1-8(2)11-14-12(16-15-11)17-7-9-4-3-5-10(13)6-9/h3-6,8H,7H2,1-2H3,(H,14,15,16). The van der Waals surface area contributed by atoms with Crippen LogP contribution in [0.3, 0.4) is 0 Å². The first-order valence-electron chi connectivity index (χ1n) is 5.44. The molecule has 0 aliphatic heterocycles. The van der Waals surface area contributed by atoms with Crippen molar-refractivity contribution in [2.75, 3.05) is 0 Å². The van der Waals surface area contributed by atoms with Gasteiger partial charge in [-0.3, -0.25) is 5.10 Å². The summed E-state index contributed by atoms with van der Waals surface area (Å²) in [6.45, 7) is 4.11. The molecule has 1 N–H and O–H groups in total. The van der Waals surface area contributed by atoms with E-state index in [0.29, 0.717) is 16.8 Å². The largest absolute Gasteiger partial charge is 0.262 e.